The van der Waals surface area contributed by atoms with Crippen molar-refractivity contribution in [1.29, 1.82) is 0 Å². The van der Waals surface area contributed by atoms with E-state index in [1.54, 1.807) is 36.3 Å². The lowest BCUT2D eigenvalue weighted by Crippen LogP contribution is -2.33. The first kappa shape index (κ1) is 22.9. The number of carbonyl (C=O) groups is 2. The van der Waals surface area contributed by atoms with Crippen LogP contribution in [0.15, 0.2) is 83.9 Å². The fourth-order valence-corrected chi connectivity index (χ4v) is 4.59. The fraction of sp³-hybridized carbons (Fsp3) is 0.160. The maximum Gasteiger partial charge on any atom is 0.242 e. The molecule has 0 aliphatic carbocycles. The van der Waals surface area contributed by atoms with Gasteiger partial charge in [-0.3, -0.25) is 14.5 Å². The van der Waals surface area contributed by atoms with Crippen molar-refractivity contribution in [2.24, 2.45) is 4.99 Å². The Kier molecular flexibility index (Phi) is 7.32. The number of anilines is 1. The van der Waals surface area contributed by atoms with Crippen LogP contribution in [0.25, 0.3) is 0 Å². The van der Waals surface area contributed by atoms with E-state index in [0.717, 1.165) is 17.0 Å². The Bertz CT molecular complexity index is 1150. The number of methoxy groups -OCH3 is 1. The van der Waals surface area contributed by atoms with Crippen LogP contribution < -0.4 is 10.1 Å². The van der Waals surface area contributed by atoms with Crippen LogP contribution in [0, 0.1) is 0 Å². The molecule has 0 aromatic heterocycles. The highest BCUT2D eigenvalue weighted by Gasteiger charge is 2.39. The zero-order valence-corrected chi connectivity index (χ0v) is 19.5. The first-order valence-electron chi connectivity index (χ1n) is 10.3. The highest BCUT2D eigenvalue weighted by atomic mass is 35.5. The van der Waals surface area contributed by atoms with Gasteiger partial charge in [0.2, 0.25) is 11.8 Å². The van der Waals surface area contributed by atoms with Crippen molar-refractivity contribution in [1.82, 2.24) is 4.90 Å². The van der Waals surface area contributed by atoms with Gasteiger partial charge in [0.1, 0.15) is 11.0 Å². The first-order chi connectivity index (χ1) is 16.0. The fourth-order valence-electron chi connectivity index (χ4n) is 3.31. The number of halogens is 1. The zero-order valence-electron chi connectivity index (χ0n) is 17.9. The number of thioether (sulfide) groups is 1. The van der Waals surface area contributed by atoms with Crippen molar-refractivity contribution in [2.75, 3.05) is 12.4 Å². The number of hydrogen-bond acceptors (Lipinski definition) is 5. The number of carbonyl (C=O) groups excluding carboxylic acids is 2. The third-order valence-electron chi connectivity index (χ3n) is 5.00. The molecule has 1 saturated heterocycles. The molecule has 2 amide bonds. The highest BCUT2D eigenvalue weighted by Crippen LogP contribution is 2.33. The van der Waals surface area contributed by atoms with Crippen LogP contribution >= 0.6 is 23.4 Å². The Labute approximate surface area is 201 Å². The number of para-hydroxylation sites is 1. The molecule has 0 saturated carbocycles. The summed E-state index contributed by atoms with van der Waals surface area (Å²) in [6, 6.07) is 23.9. The average molecular weight is 480 g/mol. The summed E-state index contributed by atoms with van der Waals surface area (Å²) in [5.74, 6) is 0.362. The number of nitrogens with one attached hydrogen (secondary N) is 1. The minimum Gasteiger partial charge on any atom is -0.497 e. The van der Waals surface area contributed by atoms with E-state index >= 15 is 0 Å². The molecule has 1 aliphatic rings. The minimum absolute atomic E-state index is 0.0407. The molecule has 1 unspecified atom stereocenters. The molecule has 1 atom stereocenters. The molecular formula is C25H22ClN3O3S. The Morgan fingerprint density at radius 3 is 2.42 bits per heavy atom. The quantitative estimate of drug-likeness (QED) is 0.485. The molecule has 0 spiro atoms. The topological polar surface area (TPSA) is 71.0 Å². The summed E-state index contributed by atoms with van der Waals surface area (Å²) in [7, 11) is 1.61. The van der Waals surface area contributed by atoms with Crippen LogP contribution in [-0.2, 0) is 16.1 Å². The standard InChI is InChI=1S/C25H22ClN3O3S/c1-32-21-13-7-17(8-14-21)16-29-24(31)22(33-25(29)28-19-5-3-2-4-6-19)15-23(30)27-20-11-9-18(26)10-12-20/h2-14,22H,15-16H2,1H3,(H,27,30). The Balaban J connectivity index is 1.52. The summed E-state index contributed by atoms with van der Waals surface area (Å²) in [5, 5.41) is 3.43. The highest BCUT2D eigenvalue weighted by molar-refractivity contribution is 8.15. The summed E-state index contributed by atoms with van der Waals surface area (Å²) in [4.78, 5) is 32.2. The molecule has 1 aliphatic heterocycles. The largest absolute Gasteiger partial charge is 0.497 e. The number of amides is 2. The molecule has 33 heavy (non-hydrogen) atoms. The van der Waals surface area contributed by atoms with E-state index in [2.05, 4.69) is 10.3 Å². The van der Waals surface area contributed by atoms with Crippen molar-refractivity contribution in [3.63, 3.8) is 0 Å². The first-order valence-corrected chi connectivity index (χ1v) is 11.6. The van der Waals surface area contributed by atoms with Gasteiger partial charge in [-0.15, -0.1) is 0 Å². The van der Waals surface area contributed by atoms with E-state index < -0.39 is 5.25 Å². The molecule has 1 N–H and O–H groups in total. The number of rotatable bonds is 7. The number of aliphatic imine (C=N–C) groups is 1. The third kappa shape index (κ3) is 5.94. The van der Waals surface area contributed by atoms with Crippen molar-refractivity contribution in [3.05, 3.63) is 89.4 Å². The predicted molar refractivity (Wildman–Crippen MR) is 133 cm³/mol. The maximum atomic E-state index is 13.3. The molecule has 1 fully saturated rings. The molecule has 168 valence electrons. The van der Waals surface area contributed by atoms with Crippen LogP contribution in [0.1, 0.15) is 12.0 Å². The Morgan fingerprint density at radius 1 is 1.06 bits per heavy atom. The van der Waals surface area contributed by atoms with Gasteiger partial charge in [0, 0.05) is 17.1 Å². The van der Waals surface area contributed by atoms with E-state index in [0.29, 0.717) is 22.4 Å². The lowest BCUT2D eigenvalue weighted by atomic mass is 10.2. The number of amidine groups is 1. The smallest absolute Gasteiger partial charge is 0.242 e. The number of ether oxygens (including phenoxy) is 1. The predicted octanol–water partition coefficient (Wildman–Crippen LogP) is 5.51. The molecule has 4 rings (SSSR count). The van der Waals surface area contributed by atoms with Gasteiger partial charge in [-0.25, -0.2) is 4.99 Å². The van der Waals surface area contributed by atoms with Crippen molar-refractivity contribution < 1.29 is 14.3 Å². The second-order valence-electron chi connectivity index (χ2n) is 7.37. The summed E-state index contributed by atoms with van der Waals surface area (Å²) in [5.41, 5.74) is 2.32. The monoisotopic (exact) mass is 479 g/mol. The normalized spacial score (nSPS) is 16.8. The van der Waals surface area contributed by atoms with Crippen LogP contribution in [0.4, 0.5) is 11.4 Å². The molecule has 1 heterocycles. The Morgan fingerprint density at radius 2 is 1.76 bits per heavy atom. The maximum absolute atomic E-state index is 13.3. The van der Waals surface area contributed by atoms with Crippen LogP contribution in [0.2, 0.25) is 5.02 Å². The molecule has 3 aromatic carbocycles. The van der Waals surface area contributed by atoms with E-state index in [-0.39, 0.29) is 18.2 Å². The third-order valence-corrected chi connectivity index (χ3v) is 6.43. The lowest BCUT2D eigenvalue weighted by molar-refractivity contribution is -0.128. The summed E-state index contributed by atoms with van der Waals surface area (Å²) in [6.07, 6.45) is 0.0407. The van der Waals surface area contributed by atoms with Crippen molar-refractivity contribution in [2.45, 2.75) is 18.2 Å². The van der Waals surface area contributed by atoms with E-state index in [1.165, 1.54) is 11.8 Å². The average Bonchev–Trinajstić information content (AvgIpc) is 3.10. The van der Waals surface area contributed by atoms with Gasteiger partial charge in [-0.2, -0.15) is 0 Å². The van der Waals surface area contributed by atoms with Crippen LogP contribution in [0.3, 0.4) is 0 Å². The number of nitrogens with zero attached hydrogens (tertiary/aromatic N) is 2. The van der Waals surface area contributed by atoms with E-state index in [9.17, 15) is 9.59 Å². The van der Waals surface area contributed by atoms with E-state index in [1.807, 2.05) is 54.6 Å². The van der Waals surface area contributed by atoms with Gasteiger partial charge >= 0.3 is 0 Å². The summed E-state index contributed by atoms with van der Waals surface area (Å²) >= 11 is 7.21. The lowest BCUT2D eigenvalue weighted by Gasteiger charge is -2.17. The molecule has 6 nitrogen and oxygen atoms in total. The van der Waals surface area contributed by atoms with Crippen LogP contribution in [0.5, 0.6) is 5.75 Å². The van der Waals surface area contributed by atoms with Gasteiger partial charge in [-0.05, 0) is 54.1 Å². The second-order valence-corrected chi connectivity index (χ2v) is 8.97. The molecule has 0 bridgehead atoms. The van der Waals surface area contributed by atoms with Gasteiger partial charge in [0.25, 0.3) is 0 Å². The van der Waals surface area contributed by atoms with Gasteiger partial charge in [0.15, 0.2) is 5.17 Å². The number of benzene rings is 3. The Hall–Kier alpha value is -3.29. The van der Waals surface area contributed by atoms with Gasteiger partial charge < -0.3 is 10.1 Å². The minimum atomic E-state index is -0.557. The second kappa shape index (κ2) is 10.6. The van der Waals surface area contributed by atoms with Crippen molar-refractivity contribution >= 4 is 51.7 Å². The molecule has 0 radical (unpaired) electrons. The van der Waals surface area contributed by atoms with Gasteiger partial charge in [-0.1, -0.05) is 53.7 Å². The zero-order chi connectivity index (χ0) is 23.2. The molecule has 3 aromatic rings. The van der Waals surface area contributed by atoms with Gasteiger partial charge in [0.05, 0.1) is 19.3 Å². The molecule has 8 heteroatoms. The van der Waals surface area contributed by atoms with Crippen molar-refractivity contribution in [3.8, 4) is 5.75 Å². The SMILES string of the molecule is COc1ccc(CN2C(=O)C(CC(=O)Nc3ccc(Cl)cc3)SC2=Nc2ccccc2)cc1. The molecular weight excluding hydrogens is 458 g/mol. The number of hydrogen-bond donors (Lipinski definition) is 1. The van der Waals surface area contributed by atoms with E-state index in [4.69, 9.17) is 16.3 Å². The van der Waals surface area contributed by atoms with Crippen LogP contribution in [-0.4, -0.2) is 34.2 Å². The summed E-state index contributed by atoms with van der Waals surface area (Å²) < 4.78 is 5.22. The summed E-state index contributed by atoms with van der Waals surface area (Å²) in [6.45, 7) is 0.358.